The quantitative estimate of drug-likeness (QED) is 0.315. The number of ketones is 1. The Morgan fingerprint density at radius 1 is 1.19 bits per heavy atom. The molecule has 0 aliphatic carbocycles. The molecule has 0 amide bonds. The van der Waals surface area contributed by atoms with Crippen LogP contribution in [0.5, 0.6) is 17.2 Å². The fourth-order valence-corrected chi connectivity index (χ4v) is 3.00. The highest BCUT2D eigenvalue weighted by Gasteiger charge is 2.25. The van der Waals surface area contributed by atoms with Crippen molar-refractivity contribution in [2.24, 2.45) is 0 Å². The van der Waals surface area contributed by atoms with E-state index < -0.39 is 17.6 Å². The first-order valence-electron chi connectivity index (χ1n) is 9.84. The molecule has 0 spiro atoms. The lowest BCUT2D eigenvalue weighted by molar-refractivity contribution is 0.102. The molecule has 2 aromatic rings. The number of phenolic OH excluding ortho intramolecular Hbond substituents is 2. The van der Waals surface area contributed by atoms with Crippen LogP contribution in [0.3, 0.4) is 0 Å². The molecule has 0 saturated heterocycles. The molecule has 6 heteroatoms. The van der Waals surface area contributed by atoms with Crippen LogP contribution >= 0.6 is 0 Å². The Morgan fingerprint density at radius 3 is 2.45 bits per heavy atom. The molecule has 3 N–H and O–H groups in total. The summed E-state index contributed by atoms with van der Waals surface area (Å²) in [7, 11) is 0. The number of carbonyl (C=O) groups excluding carboxylic acids is 2. The van der Waals surface area contributed by atoms with Crippen molar-refractivity contribution in [1.29, 1.82) is 0 Å². The molecule has 0 aliphatic heterocycles. The van der Waals surface area contributed by atoms with Crippen molar-refractivity contribution in [3.63, 3.8) is 0 Å². The topological polar surface area (TPSA) is 104 Å². The molecule has 1 atom stereocenters. The molecule has 0 heterocycles. The van der Waals surface area contributed by atoms with Crippen LogP contribution in [-0.2, 0) is 6.42 Å². The van der Waals surface area contributed by atoms with Gasteiger partial charge in [-0.25, -0.2) is 0 Å². The molecule has 0 unspecified atom stereocenters. The average molecular weight is 424 g/mol. The van der Waals surface area contributed by atoms with Crippen LogP contribution in [0.2, 0.25) is 0 Å². The van der Waals surface area contributed by atoms with Crippen LogP contribution in [-0.4, -0.2) is 40.1 Å². The van der Waals surface area contributed by atoms with Gasteiger partial charge >= 0.3 is 0 Å². The van der Waals surface area contributed by atoms with E-state index in [2.05, 4.69) is 6.58 Å². The maximum absolute atomic E-state index is 13.4. The Labute approximate surface area is 182 Å². The van der Waals surface area contributed by atoms with Gasteiger partial charge in [-0.05, 0) is 69.0 Å². The Bertz CT molecular complexity index is 1040. The molecular formula is C25H28O6. The van der Waals surface area contributed by atoms with Gasteiger partial charge in [-0.3, -0.25) is 9.59 Å². The third-order valence-electron chi connectivity index (χ3n) is 4.81. The molecule has 0 aromatic heterocycles. The van der Waals surface area contributed by atoms with E-state index in [1.165, 1.54) is 12.1 Å². The number of phenols is 2. The summed E-state index contributed by atoms with van der Waals surface area (Å²) in [6.45, 7) is 10.7. The number of allylic oxidation sites excluding steroid dienone is 2. The van der Waals surface area contributed by atoms with Crippen molar-refractivity contribution in [1.82, 2.24) is 0 Å². The van der Waals surface area contributed by atoms with E-state index in [1.54, 1.807) is 26.0 Å². The number of rotatable bonds is 9. The predicted molar refractivity (Wildman–Crippen MR) is 119 cm³/mol. The Balaban J connectivity index is 2.58. The first kappa shape index (κ1) is 23.9. The monoisotopic (exact) mass is 424 g/mol. The highest BCUT2D eigenvalue weighted by Crippen LogP contribution is 2.35. The number of carbonyl (C=O) groups is 2. The van der Waals surface area contributed by atoms with Crippen molar-refractivity contribution >= 4 is 12.1 Å². The van der Waals surface area contributed by atoms with E-state index in [1.807, 2.05) is 19.9 Å². The summed E-state index contributed by atoms with van der Waals surface area (Å²) < 4.78 is 5.52. The molecule has 0 fully saturated rings. The van der Waals surface area contributed by atoms with Gasteiger partial charge in [0, 0.05) is 5.56 Å². The Morgan fingerprint density at radius 2 is 1.87 bits per heavy atom. The van der Waals surface area contributed by atoms with Crippen molar-refractivity contribution in [2.75, 3.05) is 6.61 Å². The molecule has 2 aromatic carbocycles. The van der Waals surface area contributed by atoms with Gasteiger partial charge in [0.2, 0.25) is 0 Å². The first-order chi connectivity index (χ1) is 14.6. The van der Waals surface area contributed by atoms with E-state index in [0.717, 1.165) is 5.57 Å². The van der Waals surface area contributed by atoms with Gasteiger partial charge < -0.3 is 20.1 Å². The number of aldehydes is 1. The molecule has 31 heavy (non-hydrogen) atoms. The number of benzene rings is 2. The predicted octanol–water partition coefficient (Wildman–Crippen LogP) is 4.27. The molecule has 0 saturated carbocycles. The second-order valence-corrected chi connectivity index (χ2v) is 7.80. The Hall–Kier alpha value is -3.38. The third-order valence-corrected chi connectivity index (χ3v) is 4.81. The van der Waals surface area contributed by atoms with Gasteiger partial charge in [-0.15, -0.1) is 0 Å². The van der Waals surface area contributed by atoms with Crippen LogP contribution < -0.4 is 4.74 Å². The summed E-state index contributed by atoms with van der Waals surface area (Å²) >= 11 is 0. The lowest BCUT2D eigenvalue weighted by Crippen LogP contribution is -2.18. The minimum absolute atomic E-state index is 0.0290. The van der Waals surface area contributed by atoms with Crippen LogP contribution in [0.25, 0.3) is 0 Å². The second-order valence-electron chi connectivity index (χ2n) is 7.80. The fourth-order valence-electron chi connectivity index (χ4n) is 3.00. The number of aliphatic hydroxyl groups is 1. The summed E-state index contributed by atoms with van der Waals surface area (Å²) in [6.07, 6.45) is 1.79. The van der Waals surface area contributed by atoms with Gasteiger partial charge in [-0.2, -0.15) is 0 Å². The highest BCUT2D eigenvalue weighted by atomic mass is 16.5. The van der Waals surface area contributed by atoms with E-state index in [0.29, 0.717) is 29.4 Å². The average Bonchev–Trinajstić information content (AvgIpc) is 2.71. The van der Waals surface area contributed by atoms with E-state index >= 15 is 0 Å². The van der Waals surface area contributed by atoms with E-state index in [9.17, 15) is 24.9 Å². The molecule has 164 valence electrons. The summed E-state index contributed by atoms with van der Waals surface area (Å²) in [5.41, 5.74) is 2.55. The normalized spacial score (nSPS) is 11.5. The zero-order valence-corrected chi connectivity index (χ0v) is 18.2. The van der Waals surface area contributed by atoms with Gasteiger partial charge in [-0.1, -0.05) is 24.3 Å². The number of aliphatic hydroxyl groups excluding tert-OH is 1. The van der Waals surface area contributed by atoms with Gasteiger partial charge in [0.05, 0.1) is 11.1 Å². The molecular weight excluding hydrogens is 396 g/mol. The number of ether oxygens (including phenoxy) is 1. The molecule has 0 aliphatic rings. The maximum atomic E-state index is 13.4. The lowest BCUT2D eigenvalue weighted by Gasteiger charge is -2.17. The zero-order chi connectivity index (χ0) is 23.3. The molecule has 6 nitrogen and oxygen atoms in total. The fraction of sp³-hybridized carbons (Fsp3) is 0.280. The van der Waals surface area contributed by atoms with Crippen molar-refractivity contribution in [3.05, 3.63) is 75.9 Å². The first-order valence-corrected chi connectivity index (χ1v) is 9.84. The standard InChI is InChI=1S/C25H28O6/c1-14(2)6-7-17-8-9-20(27)19(12-26)23(17)25(30)18-10-16(5)11-22(24(18)29)31-13-21(28)15(3)4/h6,8-12,21,27-29H,3,7,13H2,1-2,4-5H3/t21-/m0/s1. The molecule has 2 rings (SSSR count). The second kappa shape index (κ2) is 10.1. The maximum Gasteiger partial charge on any atom is 0.198 e. The Kier molecular flexibility index (Phi) is 7.78. The number of aryl methyl sites for hydroxylation is 1. The van der Waals surface area contributed by atoms with E-state index in [-0.39, 0.29) is 34.8 Å². The number of hydrogen-bond donors (Lipinski definition) is 3. The van der Waals surface area contributed by atoms with Gasteiger partial charge in [0.15, 0.2) is 23.6 Å². The highest BCUT2D eigenvalue weighted by molar-refractivity contribution is 6.16. The minimum Gasteiger partial charge on any atom is -0.507 e. The van der Waals surface area contributed by atoms with Gasteiger partial charge in [0.25, 0.3) is 0 Å². The number of aromatic hydroxyl groups is 2. The SMILES string of the molecule is C=C(C)[C@@H](O)COc1cc(C)cc(C(=O)c2c(CC=C(C)C)ccc(O)c2C=O)c1O. The summed E-state index contributed by atoms with van der Waals surface area (Å²) in [5.74, 6) is -1.30. The lowest BCUT2D eigenvalue weighted by atomic mass is 9.90. The van der Waals surface area contributed by atoms with Gasteiger partial charge in [0.1, 0.15) is 18.5 Å². The summed E-state index contributed by atoms with van der Waals surface area (Å²) in [5, 5.41) is 30.8. The minimum atomic E-state index is -0.928. The zero-order valence-electron chi connectivity index (χ0n) is 18.2. The van der Waals surface area contributed by atoms with Crippen molar-refractivity contribution < 1.29 is 29.6 Å². The summed E-state index contributed by atoms with van der Waals surface area (Å²) in [6, 6.07) is 5.99. The number of hydrogen-bond acceptors (Lipinski definition) is 6. The van der Waals surface area contributed by atoms with E-state index in [4.69, 9.17) is 4.74 Å². The summed E-state index contributed by atoms with van der Waals surface area (Å²) in [4.78, 5) is 25.1. The van der Waals surface area contributed by atoms with Crippen LogP contribution in [0.15, 0.2) is 48.1 Å². The largest absolute Gasteiger partial charge is 0.507 e. The molecule has 0 bridgehead atoms. The smallest absolute Gasteiger partial charge is 0.198 e. The molecule has 0 radical (unpaired) electrons. The van der Waals surface area contributed by atoms with Crippen LogP contribution in [0.4, 0.5) is 0 Å². The van der Waals surface area contributed by atoms with Crippen molar-refractivity contribution in [2.45, 2.75) is 40.2 Å². The third kappa shape index (κ3) is 5.61. The van der Waals surface area contributed by atoms with Crippen LogP contribution in [0, 0.1) is 6.92 Å². The van der Waals surface area contributed by atoms with Crippen molar-refractivity contribution in [3.8, 4) is 17.2 Å². The van der Waals surface area contributed by atoms with Crippen LogP contribution in [0.1, 0.15) is 58.2 Å².